The lowest BCUT2D eigenvalue weighted by molar-refractivity contribution is 0.210. The fraction of sp³-hybridized carbons (Fsp3) is 0.654. The van der Waals surface area contributed by atoms with Crippen molar-refractivity contribution in [3.05, 3.63) is 47.1 Å². The highest BCUT2D eigenvalue weighted by molar-refractivity contribution is 5.37. The molecule has 1 aromatic carbocycles. The number of nitrogens with one attached hydrogen (secondary N) is 1. The minimum absolute atomic E-state index is 0.0624. The zero-order chi connectivity index (χ0) is 22.3. The number of ether oxygens (including phenoxy) is 1. The van der Waals surface area contributed by atoms with Gasteiger partial charge in [0.05, 0.1) is 11.8 Å². The zero-order valence-electron chi connectivity index (χ0n) is 19.8. The summed E-state index contributed by atoms with van der Waals surface area (Å²) in [5.41, 5.74) is 0.965. The molecule has 2 saturated carbocycles. The van der Waals surface area contributed by atoms with E-state index in [-0.39, 0.29) is 5.69 Å². The number of aromatic nitrogens is 2. The third-order valence-corrected chi connectivity index (χ3v) is 7.37. The van der Waals surface area contributed by atoms with Gasteiger partial charge >= 0.3 is 5.69 Å². The van der Waals surface area contributed by atoms with Gasteiger partial charge in [-0.2, -0.15) is 0 Å². The molecule has 2 aromatic rings. The first-order valence-corrected chi connectivity index (χ1v) is 12.7. The molecule has 0 radical (unpaired) electrons. The third-order valence-electron chi connectivity index (χ3n) is 7.37. The monoisotopic (exact) mass is 440 g/mol. The topological polar surface area (TPSA) is 51.4 Å². The SMILES string of the molecule is CCN(CC)CCNC1CCC(n2ccn(-c3ccc(OC4CCCC4)cc3)c2=O)CC1. The first kappa shape index (κ1) is 23.1. The van der Waals surface area contributed by atoms with Gasteiger partial charge in [0, 0.05) is 37.6 Å². The van der Waals surface area contributed by atoms with Crippen LogP contribution in [0.25, 0.3) is 5.69 Å². The van der Waals surface area contributed by atoms with Gasteiger partial charge < -0.3 is 15.0 Å². The lowest BCUT2D eigenvalue weighted by Gasteiger charge is -2.30. The van der Waals surface area contributed by atoms with Gasteiger partial charge in [0.1, 0.15) is 5.75 Å². The second-order valence-corrected chi connectivity index (χ2v) is 9.36. The highest BCUT2D eigenvalue weighted by atomic mass is 16.5. The van der Waals surface area contributed by atoms with Crippen LogP contribution >= 0.6 is 0 Å². The molecule has 4 rings (SSSR count). The number of imidazole rings is 1. The average molecular weight is 441 g/mol. The Kier molecular flexibility index (Phi) is 8.09. The fourth-order valence-corrected chi connectivity index (χ4v) is 5.27. The van der Waals surface area contributed by atoms with E-state index in [9.17, 15) is 4.79 Å². The Balaban J connectivity index is 1.30. The molecule has 0 bridgehead atoms. The standard InChI is InChI=1S/C26H40N4O2/c1-3-28(4-2)18-17-27-21-9-11-22(12-10-21)29-19-20-30(26(29)31)23-13-15-25(16-14-23)32-24-7-5-6-8-24/h13-16,19-22,24,27H,3-12,17-18H2,1-2H3. The predicted molar refractivity (Wildman–Crippen MR) is 130 cm³/mol. The van der Waals surface area contributed by atoms with Crippen molar-refractivity contribution in [1.29, 1.82) is 0 Å². The molecule has 0 saturated heterocycles. The van der Waals surface area contributed by atoms with Crippen LogP contribution in [0.5, 0.6) is 5.75 Å². The van der Waals surface area contributed by atoms with Gasteiger partial charge in [0.25, 0.3) is 0 Å². The van der Waals surface area contributed by atoms with Crippen LogP contribution in [0.2, 0.25) is 0 Å². The zero-order valence-corrected chi connectivity index (χ0v) is 19.8. The van der Waals surface area contributed by atoms with Crippen LogP contribution in [-0.4, -0.2) is 52.4 Å². The largest absolute Gasteiger partial charge is 0.490 e. The average Bonchev–Trinajstić information content (AvgIpc) is 3.47. The second-order valence-electron chi connectivity index (χ2n) is 9.36. The molecule has 0 spiro atoms. The molecule has 1 aromatic heterocycles. The van der Waals surface area contributed by atoms with Gasteiger partial charge in [-0.05, 0) is 88.7 Å². The normalized spacial score (nSPS) is 22.0. The van der Waals surface area contributed by atoms with Gasteiger partial charge in [0.15, 0.2) is 0 Å². The maximum absolute atomic E-state index is 13.1. The lowest BCUT2D eigenvalue weighted by atomic mass is 9.91. The lowest BCUT2D eigenvalue weighted by Crippen LogP contribution is -2.40. The predicted octanol–water partition coefficient (Wildman–Crippen LogP) is 4.38. The number of rotatable bonds is 10. The Morgan fingerprint density at radius 1 is 0.969 bits per heavy atom. The van der Waals surface area contributed by atoms with E-state index in [0.29, 0.717) is 18.2 Å². The molecular formula is C26H40N4O2. The van der Waals surface area contributed by atoms with Crippen LogP contribution in [0.15, 0.2) is 41.5 Å². The summed E-state index contributed by atoms with van der Waals surface area (Å²) >= 11 is 0. The summed E-state index contributed by atoms with van der Waals surface area (Å²) < 4.78 is 9.76. The van der Waals surface area contributed by atoms with E-state index in [1.54, 1.807) is 4.57 Å². The van der Waals surface area contributed by atoms with Gasteiger partial charge in [0.2, 0.25) is 0 Å². The smallest absolute Gasteiger partial charge is 0.332 e. The minimum atomic E-state index is 0.0624. The number of nitrogens with zero attached hydrogens (tertiary/aromatic N) is 3. The summed E-state index contributed by atoms with van der Waals surface area (Å²) in [6.45, 7) is 8.82. The number of benzene rings is 1. The van der Waals surface area contributed by atoms with E-state index in [0.717, 1.165) is 76.1 Å². The van der Waals surface area contributed by atoms with Crippen molar-refractivity contribution in [1.82, 2.24) is 19.4 Å². The van der Waals surface area contributed by atoms with E-state index >= 15 is 0 Å². The van der Waals surface area contributed by atoms with Crippen LogP contribution in [0.4, 0.5) is 0 Å². The third kappa shape index (κ3) is 5.65. The van der Waals surface area contributed by atoms with E-state index in [4.69, 9.17) is 4.74 Å². The van der Waals surface area contributed by atoms with Crippen molar-refractivity contribution in [2.45, 2.75) is 83.4 Å². The minimum Gasteiger partial charge on any atom is -0.490 e. The summed E-state index contributed by atoms with van der Waals surface area (Å²) in [7, 11) is 0. The Bertz CT molecular complexity index is 870. The number of hydrogen-bond acceptors (Lipinski definition) is 4. The van der Waals surface area contributed by atoms with Crippen molar-refractivity contribution in [2.75, 3.05) is 26.2 Å². The molecule has 2 fully saturated rings. The van der Waals surface area contributed by atoms with Crippen molar-refractivity contribution in [2.24, 2.45) is 0 Å². The van der Waals surface area contributed by atoms with Crippen LogP contribution < -0.4 is 15.7 Å². The van der Waals surface area contributed by atoms with Crippen LogP contribution in [0.1, 0.15) is 71.3 Å². The summed E-state index contributed by atoms with van der Waals surface area (Å²) in [5, 5.41) is 3.72. The van der Waals surface area contributed by atoms with Crippen molar-refractivity contribution in [3.63, 3.8) is 0 Å². The van der Waals surface area contributed by atoms with E-state index in [1.165, 1.54) is 12.8 Å². The second kappa shape index (κ2) is 11.2. The summed E-state index contributed by atoms with van der Waals surface area (Å²) in [6, 6.07) is 8.85. The van der Waals surface area contributed by atoms with E-state index in [2.05, 4.69) is 24.1 Å². The quantitative estimate of drug-likeness (QED) is 0.596. The van der Waals surface area contributed by atoms with Gasteiger partial charge in [-0.15, -0.1) is 0 Å². The summed E-state index contributed by atoms with van der Waals surface area (Å²) in [5.74, 6) is 0.903. The Morgan fingerprint density at radius 2 is 1.66 bits per heavy atom. The van der Waals surface area contributed by atoms with Crippen LogP contribution in [-0.2, 0) is 0 Å². The van der Waals surface area contributed by atoms with Gasteiger partial charge in [-0.3, -0.25) is 9.13 Å². The Morgan fingerprint density at radius 3 is 2.31 bits per heavy atom. The van der Waals surface area contributed by atoms with E-state index in [1.807, 2.05) is 41.2 Å². The van der Waals surface area contributed by atoms with E-state index < -0.39 is 0 Å². The summed E-state index contributed by atoms with van der Waals surface area (Å²) in [4.78, 5) is 15.6. The maximum Gasteiger partial charge on any atom is 0.332 e. The molecule has 2 aliphatic rings. The number of likely N-dealkylation sites (N-methyl/N-ethyl adjacent to an activating group) is 1. The van der Waals surface area contributed by atoms with Gasteiger partial charge in [-0.25, -0.2) is 4.79 Å². The molecule has 176 valence electrons. The van der Waals surface area contributed by atoms with Crippen molar-refractivity contribution in [3.8, 4) is 11.4 Å². The van der Waals surface area contributed by atoms with Crippen molar-refractivity contribution < 1.29 is 4.74 Å². The fourth-order valence-electron chi connectivity index (χ4n) is 5.27. The Hall–Kier alpha value is -2.05. The van der Waals surface area contributed by atoms with Crippen LogP contribution in [0, 0.1) is 0 Å². The molecule has 32 heavy (non-hydrogen) atoms. The molecule has 0 amide bonds. The first-order chi connectivity index (χ1) is 15.7. The summed E-state index contributed by atoms with van der Waals surface area (Å²) in [6.07, 6.45) is 13.4. The Labute approximate surface area is 192 Å². The molecule has 6 heteroatoms. The molecule has 0 atom stereocenters. The maximum atomic E-state index is 13.1. The molecule has 0 unspecified atom stereocenters. The molecule has 2 aliphatic carbocycles. The highest BCUT2D eigenvalue weighted by Crippen LogP contribution is 2.28. The number of hydrogen-bond donors (Lipinski definition) is 1. The van der Waals surface area contributed by atoms with Crippen molar-refractivity contribution >= 4 is 0 Å². The first-order valence-electron chi connectivity index (χ1n) is 12.7. The molecule has 6 nitrogen and oxygen atoms in total. The molecular weight excluding hydrogens is 400 g/mol. The molecule has 1 heterocycles. The molecule has 1 N–H and O–H groups in total. The van der Waals surface area contributed by atoms with Crippen LogP contribution in [0.3, 0.4) is 0 Å². The highest BCUT2D eigenvalue weighted by Gasteiger charge is 2.24. The van der Waals surface area contributed by atoms with Gasteiger partial charge in [-0.1, -0.05) is 13.8 Å². The molecule has 0 aliphatic heterocycles.